The van der Waals surface area contributed by atoms with Gasteiger partial charge in [0.05, 0.1) is 0 Å². The van der Waals surface area contributed by atoms with Crippen LogP contribution in [0.3, 0.4) is 0 Å². The van der Waals surface area contributed by atoms with E-state index in [9.17, 15) is 4.79 Å². The second-order valence-corrected chi connectivity index (χ2v) is 7.32. The molecule has 2 atom stereocenters. The van der Waals surface area contributed by atoms with Gasteiger partial charge in [0.2, 0.25) is 5.91 Å². The number of hydrogen-bond donors (Lipinski definition) is 2. The summed E-state index contributed by atoms with van der Waals surface area (Å²) in [6.45, 7) is 3.04. The van der Waals surface area contributed by atoms with E-state index in [0.29, 0.717) is 17.9 Å². The Balaban J connectivity index is 1.71. The normalized spacial score (nSPS) is 33.6. The van der Waals surface area contributed by atoms with Crippen molar-refractivity contribution in [3.05, 3.63) is 0 Å². The number of nitrogens with one attached hydrogen (secondary N) is 1. The van der Waals surface area contributed by atoms with Gasteiger partial charge < -0.3 is 11.1 Å². The molecule has 2 rings (SSSR count). The van der Waals surface area contributed by atoms with E-state index in [1.165, 1.54) is 51.4 Å². The topological polar surface area (TPSA) is 55.1 Å². The predicted octanol–water partition coefficient (Wildman–Crippen LogP) is 3.62. The fourth-order valence-electron chi connectivity index (χ4n) is 4.35. The number of carbonyl (C=O) groups excluding carboxylic acids is 1. The molecule has 0 saturated heterocycles. The zero-order valence-corrected chi connectivity index (χ0v) is 13.8. The van der Waals surface area contributed by atoms with E-state index in [2.05, 4.69) is 12.2 Å². The Morgan fingerprint density at radius 2 is 1.81 bits per heavy atom. The van der Waals surface area contributed by atoms with E-state index < -0.39 is 0 Å². The lowest BCUT2D eigenvalue weighted by Crippen LogP contribution is -2.42. The van der Waals surface area contributed by atoms with Crippen LogP contribution in [0.25, 0.3) is 0 Å². The first-order valence-electron chi connectivity index (χ1n) is 9.23. The molecule has 2 unspecified atom stereocenters. The number of rotatable bonds is 6. The van der Waals surface area contributed by atoms with Gasteiger partial charge in [0.25, 0.3) is 0 Å². The van der Waals surface area contributed by atoms with Gasteiger partial charge in [-0.3, -0.25) is 4.79 Å². The molecule has 3 nitrogen and oxygen atoms in total. The van der Waals surface area contributed by atoms with Gasteiger partial charge in [-0.25, -0.2) is 0 Å². The lowest BCUT2D eigenvalue weighted by Gasteiger charge is -2.32. The smallest absolute Gasteiger partial charge is 0.223 e. The largest absolute Gasteiger partial charge is 0.353 e. The third kappa shape index (κ3) is 5.28. The van der Waals surface area contributed by atoms with E-state index in [1.807, 2.05) is 0 Å². The summed E-state index contributed by atoms with van der Waals surface area (Å²) >= 11 is 0. The molecular formula is C18H34N2O. The molecule has 0 bridgehead atoms. The maximum Gasteiger partial charge on any atom is 0.223 e. The maximum absolute atomic E-state index is 12.5. The van der Waals surface area contributed by atoms with Crippen molar-refractivity contribution in [2.45, 2.75) is 83.6 Å². The van der Waals surface area contributed by atoms with Gasteiger partial charge in [-0.15, -0.1) is 0 Å². The summed E-state index contributed by atoms with van der Waals surface area (Å²) in [5, 5.41) is 3.34. The average Bonchev–Trinajstić information content (AvgIpc) is 2.50. The SMILES string of the molecule is CCCC1CCC(NC(=O)C2CCCC(CCN)C2)CC1. The van der Waals surface area contributed by atoms with Crippen molar-refractivity contribution < 1.29 is 4.79 Å². The molecular weight excluding hydrogens is 260 g/mol. The summed E-state index contributed by atoms with van der Waals surface area (Å²) in [5.74, 6) is 2.17. The van der Waals surface area contributed by atoms with Gasteiger partial charge >= 0.3 is 0 Å². The number of hydrogen-bond acceptors (Lipinski definition) is 2. The Labute approximate surface area is 130 Å². The molecule has 0 radical (unpaired) electrons. The van der Waals surface area contributed by atoms with Gasteiger partial charge in [-0.05, 0) is 63.3 Å². The summed E-state index contributed by atoms with van der Waals surface area (Å²) in [6, 6.07) is 0.445. The molecule has 0 aliphatic heterocycles. The molecule has 3 N–H and O–H groups in total. The third-order valence-electron chi connectivity index (χ3n) is 5.62. The third-order valence-corrected chi connectivity index (χ3v) is 5.62. The highest BCUT2D eigenvalue weighted by atomic mass is 16.1. The monoisotopic (exact) mass is 294 g/mol. The molecule has 21 heavy (non-hydrogen) atoms. The second-order valence-electron chi connectivity index (χ2n) is 7.32. The van der Waals surface area contributed by atoms with E-state index in [1.54, 1.807) is 0 Å². The Bertz CT molecular complexity index is 308. The van der Waals surface area contributed by atoms with Crippen LogP contribution in [-0.4, -0.2) is 18.5 Å². The summed E-state index contributed by atoms with van der Waals surface area (Å²) < 4.78 is 0. The minimum Gasteiger partial charge on any atom is -0.353 e. The quantitative estimate of drug-likeness (QED) is 0.786. The Hall–Kier alpha value is -0.570. The highest BCUT2D eigenvalue weighted by Crippen LogP contribution is 2.32. The van der Waals surface area contributed by atoms with Crippen molar-refractivity contribution in [3.8, 4) is 0 Å². The van der Waals surface area contributed by atoms with E-state index >= 15 is 0 Å². The molecule has 122 valence electrons. The van der Waals surface area contributed by atoms with Gasteiger partial charge in [-0.2, -0.15) is 0 Å². The summed E-state index contributed by atoms with van der Waals surface area (Å²) in [7, 11) is 0. The Morgan fingerprint density at radius 1 is 1.05 bits per heavy atom. The molecule has 2 aliphatic carbocycles. The van der Waals surface area contributed by atoms with Crippen molar-refractivity contribution >= 4 is 5.91 Å². The van der Waals surface area contributed by atoms with Crippen LogP contribution in [0.5, 0.6) is 0 Å². The molecule has 2 aliphatic rings. The molecule has 0 aromatic rings. The van der Waals surface area contributed by atoms with E-state index in [-0.39, 0.29) is 5.92 Å². The molecule has 0 aromatic carbocycles. The summed E-state index contributed by atoms with van der Waals surface area (Å²) in [5.41, 5.74) is 5.67. The zero-order chi connectivity index (χ0) is 15.1. The molecule has 0 spiro atoms. The zero-order valence-electron chi connectivity index (χ0n) is 13.8. The number of amides is 1. The first kappa shape index (κ1) is 16.8. The highest BCUT2D eigenvalue weighted by Gasteiger charge is 2.29. The Morgan fingerprint density at radius 3 is 2.48 bits per heavy atom. The van der Waals surface area contributed by atoms with E-state index in [4.69, 9.17) is 5.73 Å². The van der Waals surface area contributed by atoms with Crippen molar-refractivity contribution in [2.24, 2.45) is 23.5 Å². The van der Waals surface area contributed by atoms with Crippen LogP contribution in [0.15, 0.2) is 0 Å². The standard InChI is InChI=1S/C18H34N2O/c1-2-4-14-7-9-17(10-8-14)20-18(21)16-6-3-5-15(13-16)11-12-19/h14-17H,2-13,19H2,1H3,(H,20,21). The second kappa shape index (κ2) is 8.77. The van der Waals surface area contributed by atoms with Crippen molar-refractivity contribution in [1.29, 1.82) is 0 Å². The van der Waals surface area contributed by atoms with Gasteiger partial charge in [0.1, 0.15) is 0 Å². The average molecular weight is 294 g/mol. The number of nitrogens with two attached hydrogens (primary N) is 1. The lowest BCUT2D eigenvalue weighted by molar-refractivity contribution is -0.127. The first-order valence-corrected chi connectivity index (χ1v) is 9.23. The maximum atomic E-state index is 12.5. The summed E-state index contributed by atoms with van der Waals surface area (Å²) in [6.07, 6.45) is 13.4. The van der Waals surface area contributed by atoms with Crippen LogP contribution < -0.4 is 11.1 Å². The molecule has 2 fully saturated rings. The lowest BCUT2D eigenvalue weighted by atomic mass is 9.79. The van der Waals surface area contributed by atoms with Gasteiger partial charge in [0.15, 0.2) is 0 Å². The van der Waals surface area contributed by atoms with E-state index in [0.717, 1.165) is 31.7 Å². The minimum atomic E-state index is 0.253. The minimum absolute atomic E-state index is 0.253. The van der Waals surface area contributed by atoms with Crippen LogP contribution >= 0.6 is 0 Å². The molecule has 0 heterocycles. The molecule has 1 amide bonds. The molecule has 0 aromatic heterocycles. The predicted molar refractivity (Wildman–Crippen MR) is 87.9 cm³/mol. The fraction of sp³-hybridized carbons (Fsp3) is 0.944. The van der Waals surface area contributed by atoms with Crippen molar-refractivity contribution in [1.82, 2.24) is 5.32 Å². The molecule has 3 heteroatoms. The van der Waals surface area contributed by atoms with Crippen LogP contribution in [0.2, 0.25) is 0 Å². The first-order chi connectivity index (χ1) is 10.2. The van der Waals surface area contributed by atoms with Crippen molar-refractivity contribution in [3.63, 3.8) is 0 Å². The number of carbonyl (C=O) groups is 1. The fourth-order valence-corrected chi connectivity index (χ4v) is 4.35. The molecule has 2 saturated carbocycles. The highest BCUT2D eigenvalue weighted by molar-refractivity contribution is 5.79. The summed E-state index contributed by atoms with van der Waals surface area (Å²) in [4.78, 5) is 12.5. The van der Waals surface area contributed by atoms with Crippen LogP contribution in [0.1, 0.15) is 77.6 Å². The van der Waals surface area contributed by atoms with Crippen LogP contribution in [0.4, 0.5) is 0 Å². The van der Waals surface area contributed by atoms with Gasteiger partial charge in [0, 0.05) is 12.0 Å². The Kier molecular flexibility index (Phi) is 7.01. The van der Waals surface area contributed by atoms with Crippen LogP contribution in [0, 0.1) is 17.8 Å². The van der Waals surface area contributed by atoms with Crippen molar-refractivity contribution in [2.75, 3.05) is 6.54 Å². The van der Waals surface area contributed by atoms with Gasteiger partial charge in [-0.1, -0.05) is 32.6 Å². The van der Waals surface area contributed by atoms with Crippen LogP contribution in [-0.2, 0) is 4.79 Å².